The average Bonchev–Trinajstić information content (AvgIpc) is 3.09. The van der Waals surface area contributed by atoms with Gasteiger partial charge in [-0.2, -0.15) is 0 Å². The van der Waals surface area contributed by atoms with Crippen LogP contribution < -0.4 is 0 Å². The molecule has 0 aromatic heterocycles. The van der Waals surface area contributed by atoms with Crippen LogP contribution in [-0.4, -0.2) is 37.2 Å². The van der Waals surface area contributed by atoms with Crippen molar-refractivity contribution >= 4 is 17.9 Å². The number of hydrogen-bond donors (Lipinski definition) is 0. The topological polar surface area (TPSA) is 78.9 Å². The molecule has 0 unspecified atom stereocenters. The van der Waals surface area contributed by atoms with Crippen LogP contribution in [0, 0.1) is 5.92 Å². The predicted octanol–water partition coefficient (Wildman–Crippen LogP) is 13.6. The molecule has 6 heteroatoms. The van der Waals surface area contributed by atoms with Crippen molar-refractivity contribution < 1.29 is 28.6 Å². The third kappa shape index (κ3) is 37.7. The van der Waals surface area contributed by atoms with Crippen molar-refractivity contribution in [3.63, 3.8) is 0 Å². The summed E-state index contributed by atoms with van der Waals surface area (Å²) in [7, 11) is 0. The number of carbonyl (C=O) groups excluding carboxylic acids is 3. The molecule has 0 saturated heterocycles. The summed E-state index contributed by atoms with van der Waals surface area (Å²) >= 11 is 0. The van der Waals surface area contributed by atoms with Crippen LogP contribution in [0.4, 0.5) is 0 Å². The molecule has 0 heterocycles. The second-order valence-electron chi connectivity index (χ2n) is 15.5. The number of unbranched alkanes of at least 4 members (excludes halogenated alkanes) is 26. The minimum Gasteiger partial charge on any atom is -0.462 e. The molecular formula is C44H84O6. The number of carbonyl (C=O) groups is 3. The Balaban J connectivity index is 4.15. The second kappa shape index (κ2) is 38.6. The van der Waals surface area contributed by atoms with Crippen molar-refractivity contribution in [2.75, 3.05) is 13.2 Å². The number of ether oxygens (including phenoxy) is 3. The molecule has 0 aliphatic carbocycles. The molecule has 0 bridgehead atoms. The Bertz CT molecular complexity index is 751. The lowest BCUT2D eigenvalue weighted by Gasteiger charge is -2.18. The van der Waals surface area contributed by atoms with E-state index in [4.69, 9.17) is 14.2 Å². The van der Waals surface area contributed by atoms with Gasteiger partial charge in [0.2, 0.25) is 0 Å². The second-order valence-corrected chi connectivity index (χ2v) is 15.5. The quantitative estimate of drug-likeness (QED) is 0.0359. The highest BCUT2D eigenvalue weighted by molar-refractivity contribution is 5.71. The molecule has 0 rings (SSSR count). The predicted molar refractivity (Wildman–Crippen MR) is 210 cm³/mol. The van der Waals surface area contributed by atoms with E-state index in [1.165, 1.54) is 128 Å². The van der Waals surface area contributed by atoms with Crippen molar-refractivity contribution in [1.29, 1.82) is 0 Å². The summed E-state index contributed by atoms with van der Waals surface area (Å²) in [4.78, 5) is 37.4. The Morgan fingerprint density at radius 2 is 0.660 bits per heavy atom. The zero-order valence-electron chi connectivity index (χ0n) is 33.9. The highest BCUT2D eigenvalue weighted by Gasteiger charge is 2.19. The molecule has 0 radical (unpaired) electrons. The van der Waals surface area contributed by atoms with Gasteiger partial charge in [-0.25, -0.2) is 0 Å². The van der Waals surface area contributed by atoms with Gasteiger partial charge in [-0.1, -0.05) is 201 Å². The standard InChI is InChI=1S/C44H84O6/c1-5-7-9-11-12-13-14-15-16-17-18-21-24-28-31-35-42(45)48-38-41(50-44(47)37-33-26-10-8-6-2)39-49-43(46)36-32-29-25-22-19-20-23-27-30-34-40(3)4/h40-41H,5-39H2,1-4H3/t41-/m1/s1. The fourth-order valence-corrected chi connectivity index (χ4v) is 6.45. The van der Waals surface area contributed by atoms with Gasteiger partial charge in [-0.15, -0.1) is 0 Å². The summed E-state index contributed by atoms with van der Waals surface area (Å²) < 4.78 is 16.6. The van der Waals surface area contributed by atoms with E-state index in [1.54, 1.807) is 0 Å². The summed E-state index contributed by atoms with van der Waals surface area (Å²) in [6.45, 7) is 8.89. The van der Waals surface area contributed by atoms with Gasteiger partial charge >= 0.3 is 17.9 Å². The van der Waals surface area contributed by atoms with Gasteiger partial charge in [0.25, 0.3) is 0 Å². The van der Waals surface area contributed by atoms with E-state index in [-0.39, 0.29) is 31.1 Å². The molecular weight excluding hydrogens is 624 g/mol. The molecule has 0 spiro atoms. The molecule has 0 aromatic rings. The molecule has 1 atom stereocenters. The summed E-state index contributed by atoms with van der Waals surface area (Å²) in [5.41, 5.74) is 0. The molecule has 0 N–H and O–H groups in total. The Morgan fingerprint density at radius 1 is 0.380 bits per heavy atom. The van der Waals surface area contributed by atoms with Crippen LogP contribution in [0.2, 0.25) is 0 Å². The Labute approximate surface area is 310 Å². The first-order chi connectivity index (χ1) is 24.4. The molecule has 6 nitrogen and oxygen atoms in total. The Hall–Kier alpha value is -1.59. The van der Waals surface area contributed by atoms with Gasteiger partial charge in [-0.05, 0) is 25.2 Å². The minimum absolute atomic E-state index is 0.0656. The van der Waals surface area contributed by atoms with Gasteiger partial charge < -0.3 is 14.2 Å². The monoisotopic (exact) mass is 709 g/mol. The molecule has 50 heavy (non-hydrogen) atoms. The van der Waals surface area contributed by atoms with Crippen LogP contribution in [0.3, 0.4) is 0 Å². The van der Waals surface area contributed by atoms with Gasteiger partial charge in [0.1, 0.15) is 13.2 Å². The van der Waals surface area contributed by atoms with E-state index in [1.807, 2.05) is 0 Å². The first-order valence-electron chi connectivity index (χ1n) is 21.9. The number of esters is 3. The largest absolute Gasteiger partial charge is 0.462 e. The third-order valence-corrected chi connectivity index (χ3v) is 9.79. The van der Waals surface area contributed by atoms with Gasteiger partial charge in [0.05, 0.1) is 0 Å². The summed E-state index contributed by atoms with van der Waals surface area (Å²) in [6.07, 6.45) is 36.9. The highest BCUT2D eigenvalue weighted by Crippen LogP contribution is 2.16. The van der Waals surface area contributed by atoms with Crippen LogP contribution in [0.15, 0.2) is 0 Å². The maximum atomic E-state index is 12.5. The normalized spacial score (nSPS) is 11.9. The van der Waals surface area contributed by atoms with Crippen molar-refractivity contribution in [3.05, 3.63) is 0 Å². The fraction of sp³-hybridized carbons (Fsp3) is 0.932. The number of rotatable bonds is 39. The van der Waals surface area contributed by atoms with E-state index in [0.29, 0.717) is 19.3 Å². The Morgan fingerprint density at radius 3 is 0.980 bits per heavy atom. The van der Waals surface area contributed by atoms with Gasteiger partial charge in [0.15, 0.2) is 6.10 Å². The fourth-order valence-electron chi connectivity index (χ4n) is 6.45. The molecule has 0 amide bonds. The van der Waals surface area contributed by atoms with E-state index in [2.05, 4.69) is 27.7 Å². The zero-order chi connectivity index (χ0) is 36.8. The van der Waals surface area contributed by atoms with Crippen molar-refractivity contribution in [1.82, 2.24) is 0 Å². The highest BCUT2D eigenvalue weighted by atomic mass is 16.6. The summed E-state index contributed by atoms with van der Waals surface area (Å²) in [6, 6.07) is 0. The molecule has 0 aromatic carbocycles. The maximum absolute atomic E-state index is 12.5. The van der Waals surface area contributed by atoms with Crippen LogP contribution in [0.5, 0.6) is 0 Å². The van der Waals surface area contributed by atoms with Gasteiger partial charge in [-0.3, -0.25) is 14.4 Å². The van der Waals surface area contributed by atoms with Gasteiger partial charge in [0, 0.05) is 19.3 Å². The van der Waals surface area contributed by atoms with E-state index >= 15 is 0 Å². The molecule has 0 aliphatic rings. The lowest BCUT2D eigenvalue weighted by atomic mass is 10.0. The van der Waals surface area contributed by atoms with Crippen LogP contribution in [0.25, 0.3) is 0 Å². The first kappa shape index (κ1) is 48.4. The van der Waals surface area contributed by atoms with Crippen LogP contribution in [0.1, 0.15) is 240 Å². The van der Waals surface area contributed by atoms with Crippen LogP contribution in [-0.2, 0) is 28.6 Å². The van der Waals surface area contributed by atoms with Crippen molar-refractivity contribution in [2.45, 2.75) is 246 Å². The average molecular weight is 709 g/mol. The maximum Gasteiger partial charge on any atom is 0.306 e. The third-order valence-electron chi connectivity index (χ3n) is 9.79. The molecule has 0 fully saturated rings. The molecule has 0 aliphatic heterocycles. The van der Waals surface area contributed by atoms with E-state index in [9.17, 15) is 14.4 Å². The smallest absolute Gasteiger partial charge is 0.306 e. The lowest BCUT2D eigenvalue weighted by Crippen LogP contribution is -2.30. The van der Waals surface area contributed by atoms with E-state index in [0.717, 1.165) is 70.1 Å². The van der Waals surface area contributed by atoms with Crippen LogP contribution >= 0.6 is 0 Å². The van der Waals surface area contributed by atoms with Crippen molar-refractivity contribution in [3.8, 4) is 0 Å². The summed E-state index contributed by atoms with van der Waals surface area (Å²) in [5.74, 6) is -0.0633. The SMILES string of the molecule is CCCCCCCCCCCCCCCCCC(=O)OC[C@H](COC(=O)CCCCCCCCCCCC(C)C)OC(=O)CCCCCCC. The lowest BCUT2D eigenvalue weighted by molar-refractivity contribution is -0.167. The zero-order valence-corrected chi connectivity index (χ0v) is 33.9. The summed E-state index contributed by atoms with van der Waals surface area (Å²) in [5, 5.41) is 0. The minimum atomic E-state index is -0.757. The first-order valence-corrected chi connectivity index (χ1v) is 21.9. The molecule has 296 valence electrons. The van der Waals surface area contributed by atoms with E-state index < -0.39 is 6.10 Å². The van der Waals surface area contributed by atoms with Crippen molar-refractivity contribution in [2.24, 2.45) is 5.92 Å². The number of hydrogen-bond acceptors (Lipinski definition) is 6. The Kier molecular flexibility index (Phi) is 37.4. The molecule has 0 saturated carbocycles.